The fourth-order valence-electron chi connectivity index (χ4n) is 1.97. The number of amides is 2. The van der Waals surface area contributed by atoms with Crippen LogP contribution in [0.5, 0.6) is 0 Å². The van der Waals surface area contributed by atoms with Crippen molar-refractivity contribution in [3.05, 3.63) is 12.7 Å². The van der Waals surface area contributed by atoms with Crippen LogP contribution in [0.2, 0.25) is 0 Å². The Morgan fingerprint density at radius 2 is 2.18 bits per heavy atom. The highest BCUT2D eigenvalue weighted by molar-refractivity contribution is 6.00. The van der Waals surface area contributed by atoms with E-state index in [1.165, 1.54) is 4.90 Å². The predicted molar refractivity (Wildman–Crippen MR) is 67.5 cm³/mol. The van der Waals surface area contributed by atoms with E-state index >= 15 is 0 Å². The van der Waals surface area contributed by atoms with Gasteiger partial charge in [0.05, 0.1) is 6.04 Å². The molecule has 1 aliphatic rings. The largest absolute Gasteiger partial charge is 0.306 e. The molecule has 4 heteroatoms. The van der Waals surface area contributed by atoms with E-state index in [2.05, 4.69) is 11.9 Å². The van der Waals surface area contributed by atoms with Gasteiger partial charge in [0.25, 0.3) is 0 Å². The van der Waals surface area contributed by atoms with E-state index in [1.54, 1.807) is 7.05 Å². The van der Waals surface area contributed by atoms with Gasteiger partial charge in [-0.05, 0) is 32.2 Å². The summed E-state index contributed by atoms with van der Waals surface area (Å²) in [5, 5.41) is 3.23. The first-order valence-electron chi connectivity index (χ1n) is 6.31. The zero-order valence-electron chi connectivity index (χ0n) is 10.6. The first-order valence-corrected chi connectivity index (χ1v) is 6.31. The van der Waals surface area contributed by atoms with Gasteiger partial charge in [0.2, 0.25) is 11.8 Å². The molecule has 0 aromatic heterocycles. The molecule has 1 aliphatic heterocycles. The Bertz CT molecular complexity index is 289. The van der Waals surface area contributed by atoms with E-state index in [4.69, 9.17) is 0 Å². The Labute approximate surface area is 103 Å². The molecule has 1 saturated heterocycles. The smallest absolute Gasteiger partial charge is 0.246 e. The molecule has 1 heterocycles. The van der Waals surface area contributed by atoms with E-state index in [0.717, 1.165) is 32.2 Å². The molecule has 0 saturated carbocycles. The monoisotopic (exact) mass is 238 g/mol. The molecule has 0 aromatic carbocycles. The van der Waals surface area contributed by atoms with Crippen molar-refractivity contribution in [3.63, 3.8) is 0 Å². The number of unbranched alkanes of at least 4 members (excludes halogenated alkanes) is 3. The number of imide groups is 1. The molecule has 96 valence electrons. The Morgan fingerprint density at radius 3 is 2.88 bits per heavy atom. The highest BCUT2D eigenvalue weighted by Crippen LogP contribution is 2.11. The van der Waals surface area contributed by atoms with Gasteiger partial charge in [-0.1, -0.05) is 12.5 Å². The third-order valence-corrected chi connectivity index (χ3v) is 3.13. The Kier molecular flexibility index (Phi) is 5.91. The summed E-state index contributed by atoms with van der Waals surface area (Å²) < 4.78 is 0. The van der Waals surface area contributed by atoms with Crippen LogP contribution in [0.4, 0.5) is 0 Å². The maximum atomic E-state index is 11.7. The van der Waals surface area contributed by atoms with E-state index in [0.29, 0.717) is 12.8 Å². The molecule has 1 atom stereocenters. The molecule has 1 rings (SSSR count). The molecule has 0 aliphatic carbocycles. The van der Waals surface area contributed by atoms with Crippen LogP contribution in [0, 0.1) is 0 Å². The second kappa shape index (κ2) is 7.22. The topological polar surface area (TPSA) is 49.4 Å². The van der Waals surface area contributed by atoms with Crippen molar-refractivity contribution >= 4 is 11.8 Å². The molecule has 1 unspecified atom stereocenters. The SMILES string of the molecule is C=CCCCCCNC1CCC(=O)N(C)C1=O. The number of nitrogens with one attached hydrogen (secondary N) is 1. The van der Waals surface area contributed by atoms with Crippen molar-refractivity contribution in [2.24, 2.45) is 0 Å². The third-order valence-electron chi connectivity index (χ3n) is 3.13. The first kappa shape index (κ1) is 13.9. The molecule has 0 aromatic rings. The van der Waals surface area contributed by atoms with Crippen LogP contribution in [-0.4, -0.2) is 36.3 Å². The fourth-order valence-corrected chi connectivity index (χ4v) is 1.97. The maximum absolute atomic E-state index is 11.7. The minimum atomic E-state index is -0.169. The number of carbonyl (C=O) groups excluding carboxylic acids is 2. The summed E-state index contributed by atoms with van der Waals surface area (Å²) in [6.07, 6.45) is 7.45. The Hall–Kier alpha value is -1.16. The number of piperidine rings is 1. The van der Waals surface area contributed by atoms with Gasteiger partial charge in [-0.15, -0.1) is 6.58 Å². The average Bonchev–Trinajstić information content (AvgIpc) is 2.33. The van der Waals surface area contributed by atoms with Crippen molar-refractivity contribution in [3.8, 4) is 0 Å². The quantitative estimate of drug-likeness (QED) is 0.415. The summed E-state index contributed by atoms with van der Waals surface area (Å²) in [5.41, 5.74) is 0. The normalized spacial score (nSPS) is 20.8. The molecule has 1 fully saturated rings. The number of likely N-dealkylation sites (tertiary alicyclic amines) is 1. The van der Waals surface area contributed by atoms with Gasteiger partial charge in [0.15, 0.2) is 0 Å². The van der Waals surface area contributed by atoms with Crippen molar-refractivity contribution in [2.45, 2.75) is 44.6 Å². The lowest BCUT2D eigenvalue weighted by Crippen LogP contribution is -2.51. The average molecular weight is 238 g/mol. The van der Waals surface area contributed by atoms with Gasteiger partial charge in [0.1, 0.15) is 0 Å². The molecule has 0 bridgehead atoms. The van der Waals surface area contributed by atoms with E-state index in [-0.39, 0.29) is 17.9 Å². The van der Waals surface area contributed by atoms with Crippen LogP contribution in [0.1, 0.15) is 38.5 Å². The summed E-state index contributed by atoms with van der Waals surface area (Å²) in [4.78, 5) is 24.2. The third kappa shape index (κ3) is 4.30. The van der Waals surface area contributed by atoms with Crippen LogP contribution < -0.4 is 5.32 Å². The molecule has 2 amide bonds. The lowest BCUT2D eigenvalue weighted by atomic mass is 10.0. The standard InChI is InChI=1S/C13H22N2O2/c1-3-4-5-6-7-10-14-11-8-9-12(16)15(2)13(11)17/h3,11,14H,1,4-10H2,2H3. The van der Waals surface area contributed by atoms with Crippen LogP contribution in [0.25, 0.3) is 0 Å². The number of allylic oxidation sites excluding steroid dienone is 1. The van der Waals surface area contributed by atoms with Gasteiger partial charge in [-0.25, -0.2) is 0 Å². The number of rotatable bonds is 7. The minimum absolute atomic E-state index is 0.0703. The molecular weight excluding hydrogens is 216 g/mol. The van der Waals surface area contributed by atoms with Crippen LogP contribution in [0.15, 0.2) is 12.7 Å². The first-order chi connectivity index (χ1) is 8.16. The summed E-state index contributed by atoms with van der Waals surface area (Å²) in [5.74, 6) is -0.161. The molecular formula is C13H22N2O2. The van der Waals surface area contributed by atoms with E-state index < -0.39 is 0 Å². The maximum Gasteiger partial charge on any atom is 0.246 e. The van der Waals surface area contributed by atoms with Crippen molar-refractivity contribution in [1.29, 1.82) is 0 Å². The van der Waals surface area contributed by atoms with Gasteiger partial charge in [0, 0.05) is 13.5 Å². The second-order valence-corrected chi connectivity index (χ2v) is 4.47. The van der Waals surface area contributed by atoms with Gasteiger partial charge in [-0.3, -0.25) is 14.5 Å². The van der Waals surface area contributed by atoms with Crippen molar-refractivity contribution in [1.82, 2.24) is 10.2 Å². The summed E-state index contributed by atoms with van der Waals surface area (Å²) >= 11 is 0. The predicted octanol–water partition coefficient (Wildman–Crippen LogP) is 1.47. The molecule has 0 radical (unpaired) electrons. The number of hydrogen-bond donors (Lipinski definition) is 1. The summed E-state index contributed by atoms with van der Waals surface area (Å²) in [7, 11) is 1.56. The zero-order valence-corrected chi connectivity index (χ0v) is 10.6. The second-order valence-electron chi connectivity index (χ2n) is 4.47. The van der Waals surface area contributed by atoms with Crippen LogP contribution in [0.3, 0.4) is 0 Å². The fraction of sp³-hybridized carbons (Fsp3) is 0.692. The zero-order chi connectivity index (χ0) is 12.7. The van der Waals surface area contributed by atoms with Gasteiger partial charge in [-0.2, -0.15) is 0 Å². The summed E-state index contributed by atoms with van der Waals surface area (Å²) in [6, 6.07) is -0.169. The lowest BCUT2D eigenvalue weighted by molar-refractivity contribution is -0.148. The van der Waals surface area contributed by atoms with E-state index in [1.807, 2.05) is 6.08 Å². The molecule has 0 spiro atoms. The number of likely N-dealkylation sites (N-methyl/N-ethyl adjacent to an activating group) is 1. The van der Waals surface area contributed by atoms with E-state index in [9.17, 15) is 9.59 Å². The van der Waals surface area contributed by atoms with Crippen molar-refractivity contribution in [2.75, 3.05) is 13.6 Å². The van der Waals surface area contributed by atoms with Gasteiger partial charge >= 0.3 is 0 Å². The number of hydrogen-bond acceptors (Lipinski definition) is 3. The summed E-state index contributed by atoms with van der Waals surface area (Å²) in [6.45, 7) is 4.52. The highest BCUT2D eigenvalue weighted by atomic mass is 16.2. The number of carbonyl (C=O) groups is 2. The van der Waals surface area contributed by atoms with Crippen LogP contribution in [-0.2, 0) is 9.59 Å². The van der Waals surface area contributed by atoms with Gasteiger partial charge < -0.3 is 5.32 Å². The molecule has 1 N–H and O–H groups in total. The Balaban J connectivity index is 2.17. The van der Waals surface area contributed by atoms with Crippen LogP contribution >= 0.6 is 0 Å². The van der Waals surface area contributed by atoms with Crippen molar-refractivity contribution < 1.29 is 9.59 Å². The molecule has 17 heavy (non-hydrogen) atoms. The number of nitrogens with zero attached hydrogens (tertiary/aromatic N) is 1. The Morgan fingerprint density at radius 1 is 1.41 bits per heavy atom. The molecule has 4 nitrogen and oxygen atoms in total. The highest BCUT2D eigenvalue weighted by Gasteiger charge is 2.30. The minimum Gasteiger partial charge on any atom is -0.306 e. The lowest BCUT2D eigenvalue weighted by Gasteiger charge is -2.28.